The van der Waals surface area contributed by atoms with Crippen molar-refractivity contribution in [2.24, 2.45) is 0 Å². The van der Waals surface area contributed by atoms with E-state index in [0.717, 1.165) is 31.0 Å². The number of rotatable bonds is 5. The number of furan rings is 1. The lowest BCUT2D eigenvalue weighted by Gasteiger charge is -2.15. The third kappa shape index (κ3) is 3.23. The van der Waals surface area contributed by atoms with Gasteiger partial charge in [0, 0.05) is 0 Å². The van der Waals surface area contributed by atoms with Crippen molar-refractivity contribution in [2.45, 2.75) is 26.8 Å². The smallest absolute Gasteiger partial charge is 0.118 e. The molecule has 1 aromatic heterocycles. The Kier molecular flexibility index (Phi) is 4.21. The molecular formula is C11H16N2O. The summed E-state index contributed by atoms with van der Waals surface area (Å²) in [5.41, 5.74) is 0. The summed E-state index contributed by atoms with van der Waals surface area (Å²) in [5.74, 6) is 1.86. The lowest BCUT2D eigenvalue weighted by Crippen LogP contribution is -2.24. The molecule has 0 amide bonds. The van der Waals surface area contributed by atoms with Crippen LogP contribution in [0, 0.1) is 18.3 Å². The molecule has 0 unspecified atom stereocenters. The maximum Gasteiger partial charge on any atom is 0.118 e. The number of nitriles is 1. The Morgan fingerprint density at radius 3 is 2.79 bits per heavy atom. The highest BCUT2D eigenvalue weighted by atomic mass is 16.3. The van der Waals surface area contributed by atoms with Gasteiger partial charge in [-0.25, -0.2) is 0 Å². The Hall–Kier alpha value is -1.27. The summed E-state index contributed by atoms with van der Waals surface area (Å²) in [6.07, 6.45) is 1.06. The van der Waals surface area contributed by atoms with Gasteiger partial charge in [0.05, 0.1) is 19.2 Å². The molecule has 0 aliphatic heterocycles. The summed E-state index contributed by atoms with van der Waals surface area (Å²) < 4.78 is 5.46. The highest BCUT2D eigenvalue weighted by molar-refractivity contribution is 5.05. The molecule has 3 heteroatoms. The van der Waals surface area contributed by atoms with E-state index in [9.17, 15) is 0 Å². The van der Waals surface area contributed by atoms with E-state index in [-0.39, 0.29) is 0 Å². The van der Waals surface area contributed by atoms with Gasteiger partial charge in [-0.3, -0.25) is 4.90 Å². The Bertz CT molecular complexity index is 311. The van der Waals surface area contributed by atoms with Crippen LogP contribution in [0.1, 0.15) is 24.9 Å². The summed E-state index contributed by atoms with van der Waals surface area (Å²) in [4.78, 5) is 2.08. The van der Waals surface area contributed by atoms with Gasteiger partial charge in [-0.2, -0.15) is 5.26 Å². The van der Waals surface area contributed by atoms with Gasteiger partial charge in [0.25, 0.3) is 0 Å². The third-order valence-corrected chi connectivity index (χ3v) is 2.01. The molecule has 0 fully saturated rings. The number of hydrogen-bond donors (Lipinski definition) is 0. The van der Waals surface area contributed by atoms with Gasteiger partial charge >= 0.3 is 0 Å². The molecule has 0 spiro atoms. The Labute approximate surface area is 84.9 Å². The molecule has 0 aromatic carbocycles. The molecule has 0 radical (unpaired) electrons. The van der Waals surface area contributed by atoms with Crippen molar-refractivity contribution in [2.75, 3.05) is 13.1 Å². The number of aryl methyl sites for hydroxylation is 1. The second-order valence-electron chi connectivity index (χ2n) is 3.38. The van der Waals surface area contributed by atoms with E-state index < -0.39 is 0 Å². The fraction of sp³-hybridized carbons (Fsp3) is 0.545. The maximum atomic E-state index is 8.62. The predicted octanol–water partition coefficient (Wildman–Crippen LogP) is 2.32. The molecule has 14 heavy (non-hydrogen) atoms. The highest BCUT2D eigenvalue weighted by Gasteiger charge is 2.06. The van der Waals surface area contributed by atoms with Crippen LogP contribution in [-0.4, -0.2) is 18.0 Å². The minimum absolute atomic E-state index is 0.466. The summed E-state index contributed by atoms with van der Waals surface area (Å²) in [6, 6.07) is 6.08. The zero-order valence-corrected chi connectivity index (χ0v) is 8.79. The van der Waals surface area contributed by atoms with Crippen LogP contribution in [0.4, 0.5) is 0 Å². The van der Waals surface area contributed by atoms with Gasteiger partial charge in [-0.05, 0) is 32.0 Å². The molecule has 76 valence electrons. The third-order valence-electron chi connectivity index (χ3n) is 2.01. The number of hydrogen-bond acceptors (Lipinski definition) is 3. The van der Waals surface area contributed by atoms with Crippen LogP contribution in [0.2, 0.25) is 0 Å². The van der Waals surface area contributed by atoms with Crippen LogP contribution >= 0.6 is 0 Å². The SMILES string of the molecule is CCCN(CC#N)Cc1ccc(C)o1. The van der Waals surface area contributed by atoms with Gasteiger partial charge < -0.3 is 4.42 Å². The summed E-state index contributed by atoms with van der Waals surface area (Å²) in [5, 5.41) is 8.62. The molecule has 0 bridgehead atoms. The average Bonchev–Trinajstić information content (AvgIpc) is 2.52. The molecule has 0 saturated carbocycles. The topological polar surface area (TPSA) is 40.2 Å². The largest absolute Gasteiger partial charge is 0.465 e. The average molecular weight is 192 g/mol. The van der Waals surface area contributed by atoms with Crippen LogP contribution in [0.25, 0.3) is 0 Å². The van der Waals surface area contributed by atoms with Gasteiger partial charge in [-0.15, -0.1) is 0 Å². The molecule has 1 aromatic rings. The fourth-order valence-electron chi connectivity index (χ4n) is 1.42. The standard InChI is InChI=1S/C11H16N2O/c1-3-7-13(8-6-12)9-11-5-4-10(2)14-11/h4-5H,3,7-9H2,1-2H3. The van der Waals surface area contributed by atoms with E-state index in [2.05, 4.69) is 17.9 Å². The van der Waals surface area contributed by atoms with Crippen molar-refractivity contribution >= 4 is 0 Å². The van der Waals surface area contributed by atoms with Gasteiger partial charge in [0.2, 0.25) is 0 Å². The van der Waals surface area contributed by atoms with Gasteiger partial charge in [0.15, 0.2) is 0 Å². The molecule has 0 saturated heterocycles. The molecule has 0 atom stereocenters. The summed E-state index contributed by atoms with van der Waals surface area (Å²) in [6.45, 7) is 6.17. The van der Waals surface area contributed by atoms with E-state index >= 15 is 0 Å². The van der Waals surface area contributed by atoms with Crippen molar-refractivity contribution in [3.63, 3.8) is 0 Å². The van der Waals surface area contributed by atoms with E-state index in [1.54, 1.807) is 0 Å². The maximum absolute atomic E-state index is 8.62. The van der Waals surface area contributed by atoms with Crippen LogP contribution in [0.15, 0.2) is 16.5 Å². The van der Waals surface area contributed by atoms with Crippen molar-refractivity contribution in [1.29, 1.82) is 5.26 Å². The molecule has 0 aliphatic carbocycles. The normalized spacial score (nSPS) is 10.4. The zero-order valence-electron chi connectivity index (χ0n) is 8.79. The minimum atomic E-state index is 0.466. The van der Waals surface area contributed by atoms with E-state index in [1.807, 2.05) is 19.1 Å². The monoisotopic (exact) mass is 192 g/mol. The van der Waals surface area contributed by atoms with Gasteiger partial charge in [-0.1, -0.05) is 6.92 Å². The predicted molar refractivity (Wildman–Crippen MR) is 54.6 cm³/mol. The Balaban J connectivity index is 2.51. The van der Waals surface area contributed by atoms with Crippen molar-refractivity contribution in [3.05, 3.63) is 23.7 Å². The van der Waals surface area contributed by atoms with Crippen LogP contribution in [0.3, 0.4) is 0 Å². The van der Waals surface area contributed by atoms with E-state index in [0.29, 0.717) is 6.54 Å². The van der Waals surface area contributed by atoms with Gasteiger partial charge in [0.1, 0.15) is 11.5 Å². The Morgan fingerprint density at radius 1 is 1.50 bits per heavy atom. The summed E-state index contributed by atoms with van der Waals surface area (Å²) >= 11 is 0. The van der Waals surface area contributed by atoms with Crippen LogP contribution < -0.4 is 0 Å². The number of nitrogens with zero attached hydrogens (tertiary/aromatic N) is 2. The summed E-state index contributed by atoms with van der Waals surface area (Å²) in [7, 11) is 0. The van der Waals surface area contributed by atoms with E-state index in [1.165, 1.54) is 0 Å². The van der Waals surface area contributed by atoms with E-state index in [4.69, 9.17) is 9.68 Å². The zero-order chi connectivity index (χ0) is 10.4. The molecular weight excluding hydrogens is 176 g/mol. The van der Waals surface area contributed by atoms with Crippen LogP contribution in [0.5, 0.6) is 0 Å². The molecule has 0 N–H and O–H groups in total. The molecule has 1 heterocycles. The lowest BCUT2D eigenvalue weighted by atomic mass is 10.3. The second kappa shape index (κ2) is 5.46. The van der Waals surface area contributed by atoms with Crippen molar-refractivity contribution in [1.82, 2.24) is 4.90 Å². The first-order valence-electron chi connectivity index (χ1n) is 4.91. The second-order valence-corrected chi connectivity index (χ2v) is 3.38. The minimum Gasteiger partial charge on any atom is -0.465 e. The van der Waals surface area contributed by atoms with Crippen molar-refractivity contribution < 1.29 is 4.42 Å². The molecule has 1 rings (SSSR count). The first kappa shape index (κ1) is 10.8. The molecule has 0 aliphatic rings. The fourth-order valence-corrected chi connectivity index (χ4v) is 1.42. The van der Waals surface area contributed by atoms with Crippen LogP contribution in [-0.2, 0) is 6.54 Å². The highest BCUT2D eigenvalue weighted by Crippen LogP contribution is 2.09. The van der Waals surface area contributed by atoms with Crippen molar-refractivity contribution in [3.8, 4) is 6.07 Å². The first-order valence-corrected chi connectivity index (χ1v) is 4.91. The first-order chi connectivity index (χ1) is 6.76. The lowest BCUT2D eigenvalue weighted by molar-refractivity contribution is 0.269. The quantitative estimate of drug-likeness (QED) is 0.672. The molecule has 3 nitrogen and oxygen atoms in total. The Morgan fingerprint density at radius 2 is 2.29 bits per heavy atom.